The van der Waals surface area contributed by atoms with E-state index in [1.54, 1.807) is 0 Å². The van der Waals surface area contributed by atoms with E-state index < -0.39 is 0 Å². The van der Waals surface area contributed by atoms with E-state index in [-0.39, 0.29) is 0 Å². The Hall–Kier alpha value is -0.730. The van der Waals surface area contributed by atoms with Gasteiger partial charge in [-0.2, -0.15) is 0 Å². The number of ether oxygens (including phenoxy) is 1. The van der Waals surface area contributed by atoms with Crippen LogP contribution in [-0.2, 0) is 6.42 Å². The molecule has 0 aliphatic rings. The summed E-state index contributed by atoms with van der Waals surface area (Å²) >= 11 is 6.04. The molecule has 2 nitrogen and oxygen atoms in total. The van der Waals surface area contributed by atoms with E-state index in [0.29, 0.717) is 5.92 Å². The molecule has 0 amide bonds. The van der Waals surface area contributed by atoms with E-state index in [4.69, 9.17) is 16.3 Å². The van der Waals surface area contributed by atoms with E-state index >= 15 is 0 Å². The van der Waals surface area contributed by atoms with Gasteiger partial charge >= 0.3 is 0 Å². The van der Waals surface area contributed by atoms with Gasteiger partial charge in [-0.05, 0) is 37.2 Å². The third-order valence-corrected chi connectivity index (χ3v) is 2.85. The van der Waals surface area contributed by atoms with Gasteiger partial charge in [-0.15, -0.1) is 0 Å². The van der Waals surface area contributed by atoms with Crippen LogP contribution in [0.4, 0.5) is 0 Å². The van der Waals surface area contributed by atoms with Gasteiger partial charge in [0.1, 0.15) is 5.75 Å². The second-order valence-electron chi connectivity index (χ2n) is 4.08. The van der Waals surface area contributed by atoms with Gasteiger partial charge in [-0.3, -0.25) is 0 Å². The van der Waals surface area contributed by atoms with Gasteiger partial charge in [-0.1, -0.05) is 25.4 Å². The zero-order valence-corrected chi connectivity index (χ0v) is 11.0. The van der Waals surface area contributed by atoms with E-state index in [0.717, 1.165) is 35.9 Å². The normalized spacial score (nSPS) is 12.5. The molecule has 1 aromatic rings. The first-order chi connectivity index (χ1) is 7.67. The van der Waals surface area contributed by atoms with Crippen molar-refractivity contribution in [2.24, 2.45) is 5.92 Å². The number of hydrogen-bond acceptors (Lipinski definition) is 2. The molecule has 0 heterocycles. The topological polar surface area (TPSA) is 21.3 Å². The predicted octanol–water partition coefficient (Wildman–Crippen LogP) is 3.14. The minimum atomic E-state index is 0.505. The van der Waals surface area contributed by atoms with E-state index in [1.165, 1.54) is 0 Å². The van der Waals surface area contributed by atoms with Gasteiger partial charge in [-0.25, -0.2) is 0 Å². The van der Waals surface area contributed by atoms with Gasteiger partial charge in [0.2, 0.25) is 0 Å². The second-order valence-corrected chi connectivity index (χ2v) is 4.49. The van der Waals surface area contributed by atoms with Crippen molar-refractivity contribution in [3.63, 3.8) is 0 Å². The van der Waals surface area contributed by atoms with Crippen LogP contribution in [0.2, 0.25) is 5.02 Å². The molecule has 90 valence electrons. The van der Waals surface area contributed by atoms with Crippen LogP contribution in [0.3, 0.4) is 0 Å². The Kier molecular flexibility index (Phi) is 5.64. The number of nitrogens with one attached hydrogen (secondary N) is 1. The summed E-state index contributed by atoms with van der Waals surface area (Å²) in [6, 6.07) is 5.85. The second kappa shape index (κ2) is 6.77. The van der Waals surface area contributed by atoms with Crippen molar-refractivity contribution in [1.29, 1.82) is 0 Å². The Morgan fingerprint density at radius 1 is 1.44 bits per heavy atom. The maximum atomic E-state index is 6.04. The van der Waals surface area contributed by atoms with Crippen LogP contribution < -0.4 is 10.1 Å². The molecule has 3 heteroatoms. The minimum Gasteiger partial charge on any atom is -0.493 e. The summed E-state index contributed by atoms with van der Waals surface area (Å²) in [6.07, 6.45) is 0.933. The largest absolute Gasteiger partial charge is 0.493 e. The van der Waals surface area contributed by atoms with Gasteiger partial charge in [0, 0.05) is 17.5 Å². The summed E-state index contributed by atoms with van der Waals surface area (Å²) < 4.78 is 5.72. The van der Waals surface area contributed by atoms with Crippen molar-refractivity contribution in [3.8, 4) is 5.75 Å². The molecule has 16 heavy (non-hydrogen) atoms. The molecule has 1 rings (SSSR count). The third-order valence-electron chi connectivity index (χ3n) is 2.49. The Morgan fingerprint density at radius 2 is 2.19 bits per heavy atom. The third kappa shape index (κ3) is 4.03. The molecule has 0 saturated carbocycles. The molecule has 0 fully saturated rings. The lowest BCUT2D eigenvalue weighted by Gasteiger charge is -2.13. The molecule has 0 aromatic heterocycles. The van der Waals surface area contributed by atoms with Crippen LogP contribution in [-0.4, -0.2) is 20.2 Å². The maximum Gasteiger partial charge on any atom is 0.119 e. The first-order valence-corrected chi connectivity index (χ1v) is 6.11. The van der Waals surface area contributed by atoms with Crippen molar-refractivity contribution in [3.05, 3.63) is 28.8 Å². The minimum absolute atomic E-state index is 0.505. The molecule has 0 saturated heterocycles. The average molecular weight is 242 g/mol. The van der Waals surface area contributed by atoms with Crippen molar-refractivity contribution >= 4 is 11.6 Å². The van der Waals surface area contributed by atoms with Gasteiger partial charge in [0.15, 0.2) is 0 Å². The first-order valence-electron chi connectivity index (χ1n) is 5.73. The van der Waals surface area contributed by atoms with Gasteiger partial charge in [0.25, 0.3) is 0 Å². The van der Waals surface area contributed by atoms with Crippen LogP contribution in [0.1, 0.15) is 19.4 Å². The smallest absolute Gasteiger partial charge is 0.119 e. The van der Waals surface area contributed by atoms with Crippen LogP contribution in [0, 0.1) is 5.92 Å². The SMILES string of the molecule is CCc1cc(OCC(C)CNC)ccc1Cl. The van der Waals surface area contributed by atoms with E-state index in [1.807, 2.05) is 25.2 Å². The van der Waals surface area contributed by atoms with Crippen LogP contribution in [0.25, 0.3) is 0 Å². The fourth-order valence-corrected chi connectivity index (χ4v) is 1.81. The maximum absolute atomic E-state index is 6.04. The zero-order valence-electron chi connectivity index (χ0n) is 10.2. The predicted molar refractivity (Wildman–Crippen MR) is 69.4 cm³/mol. The molecule has 1 atom stereocenters. The van der Waals surface area contributed by atoms with E-state index in [2.05, 4.69) is 19.2 Å². The fraction of sp³-hybridized carbons (Fsp3) is 0.538. The van der Waals surface area contributed by atoms with Crippen molar-refractivity contribution in [2.45, 2.75) is 20.3 Å². The molecule has 0 spiro atoms. The Balaban J connectivity index is 2.54. The van der Waals surface area contributed by atoms with Crippen molar-refractivity contribution in [2.75, 3.05) is 20.2 Å². The molecule has 1 N–H and O–H groups in total. The summed E-state index contributed by atoms with van der Waals surface area (Å²) in [5, 5.41) is 3.95. The molecule has 0 bridgehead atoms. The summed E-state index contributed by atoms with van der Waals surface area (Å²) in [6.45, 7) is 5.95. The fourth-order valence-electron chi connectivity index (χ4n) is 1.56. The molecule has 0 aliphatic heterocycles. The number of aryl methyl sites for hydroxylation is 1. The Morgan fingerprint density at radius 3 is 2.81 bits per heavy atom. The Labute approximate surface area is 103 Å². The molecule has 0 radical (unpaired) electrons. The average Bonchev–Trinajstić information content (AvgIpc) is 2.28. The lowest BCUT2D eigenvalue weighted by Crippen LogP contribution is -2.21. The lowest BCUT2D eigenvalue weighted by molar-refractivity contribution is 0.258. The quantitative estimate of drug-likeness (QED) is 0.826. The zero-order chi connectivity index (χ0) is 12.0. The van der Waals surface area contributed by atoms with E-state index in [9.17, 15) is 0 Å². The molecule has 0 aliphatic carbocycles. The molecular weight excluding hydrogens is 222 g/mol. The highest BCUT2D eigenvalue weighted by Crippen LogP contribution is 2.22. The molecule has 1 unspecified atom stereocenters. The first kappa shape index (κ1) is 13.3. The van der Waals surface area contributed by atoms with Gasteiger partial charge < -0.3 is 10.1 Å². The summed E-state index contributed by atoms with van der Waals surface area (Å²) in [7, 11) is 1.95. The monoisotopic (exact) mass is 241 g/mol. The summed E-state index contributed by atoms with van der Waals surface area (Å²) in [5.41, 5.74) is 1.14. The number of rotatable bonds is 6. The van der Waals surface area contributed by atoms with Gasteiger partial charge in [0.05, 0.1) is 6.61 Å². The summed E-state index contributed by atoms with van der Waals surface area (Å²) in [4.78, 5) is 0. The highest BCUT2D eigenvalue weighted by atomic mass is 35.5. The number of hydrogen-bond donors (Lipinski definition) is 1. The van der Waals surface area contributed by atoms with Crippen LogP contribution in [0.5, 0.6) is 5.75 Å². The van der Waals surface area contributed by atoms with Crippen molar-refractivity contribution in [1.82, 2.24) is 5.32 Å². The van der Waals surface area contributed by atoms with Crippen LogP contribution >= 0.6 is 11.6 Å². The van der Waals surface area contributed by atoms with Crippen LogP contribution in [0.15, 0.2) is 18.2 Å². The standard InChI is InChI=1S/C13H20ClNO/c1-4-11-7-12(5-6-13(11)14)16-9-10(2)8-15-3/h5-7,10,15H,4,8-9H2,1-3H3. The lowest BCUT2D eigenvalue weighted by atomic mass is 10.1. The number of benzene rings is 1. The molecular formula is C13H20ClNO. The van der Waals surface area contributed by atoms with Crippen molar-refractivity contribution < 1.29 is 4.74 Å². The highest BCUT2D eigenvalue weighted by molar-refractivity contribution is 6.31. The highest BCUT2D eigenvalue weighted by Gasteiger charge is 2.04. The Bertz CT molecular complexity index is 328. The molecule has 1 aromatic carbocycles. The summed E-state index contributed by atoms with van der Waals surface area (Å²) in [5.74, 6) is 1.41. The number of halogens is 1.